The van der Waals surface area contributed by atoms with Gasteiger partial charge in [-0.3, -0.25) is 14.5 Å². The number of rotatable bonds is 5. The van der Waals surface area contributed by atoms with E-state index in [1.165, 1.54) is 0 Å². The second-order valence-electron chi connectivity index (χ2n) is 4.74. The molecule has 0 aliphatic carbocycles. The molecular weight excluding hydrogens is 278 g/mol. The van der Waals surface area contributed by atoms with E-state index in [0.29, 0.717) is 12.2 Å². The fourth-order valence-electron chi connectivity index (χ4n) is 1.98. The Morgan fingerprint density at radius 3 is 2.40 bits per heavy atom. The molecule has 1 aliphatic heterocycles. The van der Waals surface area contributed by atoms with E-state index in [4.69, 9.17) is 16.3 Å². The number of carbonyl (C=O) groups excluding carboxylic acids is 2. The second kappa shape index (κ2) is 6.20. The zero-order chi connectivity index (χ0) is 14.7. The molecule has 4 nitrogen and oxygen atoms in total. The molecule has 0 atom stereocenters. The Balaban J connectivity index is 2.16. The van der Waals surface area contributed by atoms with Crippen LogP contribution >= 0.6 is 11.6 Å². The molecule has 106 valence electrons. The smallest absolute Gasteiger partial charge is 0.273 e. The van der Waals surface area contributed by atoms with Crippen LogP contribution in [0.2, 0.25) is 0 Å². The molecule has 2 amide bonds. The largest absolute Gasteiger partial charge is 0.377 e. The average Bonchev–Trinajstić information content (AvgIpc) is 2.63. The van der Waals surface area contributed by atoms with Crippen LogP contribution in [0.3, 0.4) is 0 Å². The molecule has 1 aliphatic rings. The first-order chi connectivity index (χ1) is 9.52. The van der Waals surface area contributed by atoms with E-state index in [1.807, 2.05) is 19.9 Å². The molecule has 0 saturated carbocycles. The number of carbonyl (C=O) groups is 2. The molecule has 0 radical (unpaired) electrons. The molecule has 0 saturated heterocycles. The monoisotopic (exact) mass is 293 g/mol. The van der Waals surface area contributed by atoms with E-state index in [9.17, 15) is 9.59 Å². The number of benzene rings is 1. The minimum Gasteiger partial charge on any atom is -0.377 e. The van der Waals surface area contributed by atoms with Crippen molar-refractivity contribution < 1.29 is 14.3 Å². The van der Waals surface area contributed by atoms with Gasteiger partial charge in [-0.2, -0.15) is 0 Å². The predicted octanol–water partition coefficient (Wildman–Crippen LogP) is 2.43. The van der Waals surface area contributed by atoms with Gasteiger partial charge < -0.3 is 4.74 Å². The van der Waals surface area contributed by atoms with E-state index >= 15 is 0 Å². The highest BCUT2D eigenvalue weighted by Crippen LogP contribution is 2.31. The van der Waals surface area contributed by atoms with Crippen LogP contribution in [0, 0.1) is 0 Å². The Bertz CT molecular complexity index is 551. The number of hydrogen-bond acceptors (Lipinski definition) is 3. The summed E-state index contributed by atoms with van der Waals surface area (Å²) in [6.45, 7) is 4.31. The summed E-state index contributed by atoms with van der Waals surface area (Å²) in [5.74, 6) is -0.818. The summed E-state index contributed by atoms with van der Waals surface area (Å²) < 4.78 is 5.37. The quantitative estimate of drug-likeness (QED) is 0.783. The first-order valence-electron chi connectivity index (χ1n) is 6.45. The lowest BCUT2D eigenvalue weighted by atomic mass is 10.1. The van der Waals surface area contributed by atoms with Gasteiger partial charge in [-0.15, -0.1) is 0 Å². The molecule has 1 aromatic carbocycles. The van der Waals surface area contributed by atoms with Crippen LogP contribution in [0.25, 0.3) is 5.57 Å². The molecule has 0 fully saturated rings. The summed E-state index contributed by atoms with van der Waals surface area (Å²) >= 11 is 6.02. The molecule has 0 aromatic heterocycles. The summed E-state index contributed by atoms with van der Waals surface area (Å²) in [7, 11) is 0. The van der Waals surface area contributed by atoms with Gasteiger partial charge in [0.2, 0.25) is 0 Å². The lowest BCUT2D eigenvalue weighted by Gasteiger charge is -2.16. The maximum atomic E-state index is 12.3. The zero-order valence-corrected chi connectivity index (χ0v) is 12.2. The van der Waals surface area contributed by atoms with Gasteiger partial charge in [-0.05, 0) is 19.4 Å². The number of hydrogen-bond donors (Lipinski definition) is 0. The molecule has 1 aromatic rings. The Labute approximate surface area is 123 Å². The first-order valence-corrected chi connectivity index (χ1v) is 6.83. The van der Waals surface area contributed by atoms with Gasteiger partial charge in [0.05, 0.1) is 24.8 Å². The van der Waals surface area contributed by atoms with Gasteiger partial charge >= 0.3 is 0 Å². The van der Waals surface area contributed by atoms with Crippen molar-refractivity contribution in [2.45, 2.75) is 20.0 Å². The highest BCUT2D eigenvalue weighted by atomic mass is 35.5. The molecule has 5 heteroatoms. The SMILES string of the molecule is CC(C)OCCN1C(=O)C(Cl)=C(c2ccccc2)C1=O. The van der Waals surface area contributed by atoms with Crippen molar-refractivity contribution in [3.63, 3.8) is 0 Å². The van der Waals surface area contributed by atoms with Crippen LogP contribution in [-0.2, 0) is 14.3 Å². The first kappa shape index (κ1) is 14.8. The summed E-state index contributed by atoms with van der Waals surface area (Å²) in [6.07, 6.45) is 0.0554. The number of ether oxygens (including phenoxy) is 1. The summed E-state index contributed by atoms with van der Waals surface area (Å²) in [5.41, 5.74) is 0.921. The maximum absolute atomic E-state index is 12.3. The van der Waals surface area contributed by atoms with Crippen LogP contribution in [0.5, 0.6) is 0 Å². The molecule has 0 bridgehead atoms. The predicted molar refractivity (Wildman–Crippen MR) is 77.0 cm³/mol. The summed E-state index contributed by atoms with van der Waals surface area (Å²) in [5, 5.41) is -0.0225. The Hall–Kier alpha value is -1.65. The van der Waals surface area contributed by atoms with Gasteiger partial charge in [-0.1, -0.05) is 41.9 Å². The van der Waals surface area contributed by atoms with Gasteiger partial charge in [-0.25, -0.2) is 0 Å². The number of nitrogens with zero attached hydrogens (tertiary/aromatic N) is 1. The minimum atomic E-state index is -0.456. The molecule has 20 heavy (non-hydrogen) atoms. The Kier molecular flexibility index (Phi) is 4.57. The van der Waals surface area contributed by atoms with E-state index in [1.54, 1.807) is 24.3 Å². The van der Waals surface area contributed by atoms with E-state index in [-0.39, 0.29) is 29.2 Å². The summed E-state index contributed by atoms with van der Waals surface area (Å²) in [4.78, 5) is 25.5. The fourth-order valence-corrected chi connectivity index (χ4v) is 2.28. The third kappa shape index (κ3) is 2.92. The topological polar surface area (TPSA) is 46.6 Å². The van der Waals surface area contributed by atoms with Crippen molar-refractivity contribution in [1.29, 1.82) is 0 Å². The Morgan fingerprint density at radius 1 is 1.15 bits per heavy atom. The molecule has 0 unspecified atom stereocenters. The van der Waals surface area contributed by atoms with Gasteiger partial charge in [0.15, 0.2) is 0 Å². The van der Waals surface area contributed by atoms with Crippen molar-refractivity contribution in [2.75, 3.05) is 13.2 Å². The zero-order valence-electron chi connectivity index (χ0n) is 11.4. The van der Waals surface area contributed by atoms with Crippen LogP contribution < -0.4 is 0 Å². The van der Waals surface area contributed by atoms with Crippen molar-refractivity contribution in [3.05, 3.63) is 40.9 Å². The maximum Gasteiger partial charge on any atom is 0.273 e. The highest BCUT2D eigenvalue weighted by molar-refractivity contribution is 6.55. The van der Waals surface area contributed by atoms with Gasteiger partial charge in [0, 0.05) is 0 Å². The van der Waals surface area contributed by atoms with Crippen molar-refractivity contribution in [1.82, 2.24) is 4.90 Å². The Morgan fingerprint density at radius 2 is 1.80 bits per heavy atom. The third-order valence-corrected chi connectivity index (χ3v) is 3.29. The lowest BCUT2D eigenvalue weighted by molar-refractivity contribution is -0.137. The van der Waals surface area contributed by atoms with Crippen molar-refractivity contribution in [2.24, 2.45) is 0 Å². The molecular formula is C15H16ClNO3. The van der Waals surface area contributed by atoms with Crippen LogP contribution in [-0.4, -0.2) is 36.0 Å². The van der Waals surface area contributed by atoms with E-state index in [2.05, 4.69) is 0 Å². The van der Waals surface area contributed by atoms with E-state index in [0.717, 1.165) is 4.90 Å². The fraction of sp³-hybridized carbons (Fsp3) is 0.333. The number of amides is 2. The van der Waals surface area contributed by atoms with Crippen LogP contribution in [0.4, 0.5) is 0 Å². The molecule has 0 spiro atoms. The minimum absolute atomic E-state index is 0.0225. The molecule has 0 N–H and O–H groups in total. The number of halogens is 1. The van der Waals surface area contributed by atoms with Crippen LogP contribution in [0.1, 0.15) is 19.4 Å². The average molecular weight is 294 g/mol. The highest BCUT2D eigenvalue weighted by Gasteiger charge is 2.37. The van der Waals surface area contributed by atoms with E-state index < -0.39 is 5.91 Å². The van der Waals surface area contributed by atoms with Gasteiger partial charge in [0.1, 0.15) is 5.03 Å². The van der Waals surface area contributed by atoms with Gasteiger partial charge in [0.25, 0.3) is 11.8 Å². The molecule has 1 heterocycles. The third-order valence-electron chi connectivity index (χ3n) is 2.94. The van der Waals surface area contributed by atoms with Crippen molar-refractivity contribution >= 4 is 29.0 Å². The van der Waals surface area contributed by atoms with Crippen molar-refractivity contribution in [3.8, 4) is 0 Å². The second-order valence-corrected chi connectivity index (χ2v) is 5.11. The molecule has 2 rings (SSSR count). The van der Waals surface area contributed by atoms with Crippen LogP contribution in [0.15, 0.2) is 35.4 Å². The lowest BCUT2D eigenvalue weighted by Crippen LogP contribution is -2.34. The standard InChI is InChI=1S/C15H16ClNO3/c1-10(2)20-9-8-17-14(18)12(13(16)15(17)19)11-6-4-3-5-7-11/h3-7,10H,8-9H2,1-2H3. The summed E-state index contributed by atoms with van der Waals surface area (Å²) in [6, 6.07) is 8.96. The number of imide groups is 1. The normalized spacial score (nSPS) is 15.7.